The molecule has 4 bridgehead atoms. The minimum absolute atomic E-state index is 0.0780. The maximum absolute atomic E-state index is 14.0. The Bertz CT molecular complexity index is 1950. The summed E-state index contributed by atoms with van der Waals surface area (Å²) in [7, 11) is 0. The molecule has 50 heavy (non-hydrogen) atoms. The highest BCUT2D eigenvalue weighted by molar-refractivity contribution is 5.92. The summed E-state index contributed by atoms with van der Waals surface area (Å²) in [6, 6.07) is 11.8. The van der Waals surface area contributed by atoms with Gasteiger partial charge in [0, 0.05) is 24.2 Å². The van der Waals surface area contributed by atoms with Gasteiger partial charge in [-0.15, -0.1) is 0 Å². The number of oxazole rings is 2. The van der Waals surface area contributed by atoms with E-state index in [0.29, 0.717) is 18.1 Å². The van der Waals surface area contributed by atoms with Gasteiger partial charge in [-0.05, 0) is 41.5 Å². The van der Waals surface area contributed by atoms with Gasteiger partial charge in [-0.25, -0.2) is 9.97 Å². The molecule has 5 atom stereocenters. The lowest BCUT2D eigenvalue weighted by atomic mass is 9.72. The van der Waals surface area contributed by atoms with Gasteiger partial charge in [0.15, 0.2) is 23.4 Å². The zero-order chi connectivity index (χ0) is 35.3. The molecule has 0 saturated carbocycles. The van der Waals surface area contributed by atoms with Gasteiger partial charge < -0.3 is 39.9 Å². The third-order valence-electron chi connectivity index (χ3n) is 9.71. The Hall–Kier alpha value is -5.17. The summed E-state index contributed by atoms with van der Waals surface area (Å²) in [5.74, 6) is -0.762. The molecule has 13 nitrogen and oxygen atoms in total. The average Bonchev–Trinajstić information content (AvgIpc) is 3.87. The molecule has 0 radical (unpaired) electrons. The van der Waals surface area contributed by atoms with Gasteiger partial charge in [0.1, 0.15) is 35.6 Å². The number of carbonyl (C=O) groups excluding carboxylic acids is 3. The SMILES string of the molecule is CCCCNC(=O)c1coc(-c2nc3oc2C24c5ccccc5N[C@H]2Oc2ccc(cc24)C[C@H](NC(=O)[C@@H](O)C(C)C)C(=O)N[C@H]3C(C)C)n1. The smallest absolute Gasteiger partial charge is 0.273 e. The van der Waals surface area contributed by atoms with E-state index in [1.807, 2.05) is 63.2 Å². The van der Waals surface area contributed by atoms with E-state index >= 15 is 0 Å². The number of ether oxygens (including phenoxy) is 1. The Morgan fingerprint density at radius 2 is 1.88 bits per heavy atom. The van der Waals surface area contributed by atoms with Crippen LogP contribution in [0.2, 0.25) is 0 Å². The number of amides is 3. The molecular formula is C37H42N6O7. The summed E-state index contributed by atoms with van der Waals surface area (Å²) in [6.07, 6.45) is 1.27. The Morgan fingerprint density at radius 3 is 2.64 bits per heavy atom. The first kappa shape index (κ1) is 33.3. The zero-order valence-corrected chi connectivity index (χ0v) is 28.7. The van der Waals surface area contributed by atoms with Gasteiger partial charge >= 0.3 is 0 Å². The predicted octanol–water partition coefficient (Wildman–Crippen LogP) is 4.21. The first-order valence-electron chi connectivity index (χ1n) is 17.2. The second-order valence-corrected chi connectivity index (χ2v) is 13.9. The number of para-hydroxylation sites is 1. The number of anilines is 1. The number of fused-ring (bicyclic) bond motifs is 4. The van der Waals surface area contributed by atoms with E-state index in [0.717, 1.165) is 35.2 Å². The first-order valence-corrected chi connectivity index (χ1v) is 17.2. The van der Waals surface area contributed by atoms with Crippen molar-refractivity contribution in [1.29, 1.82) is 0 Å². The fraction of sp³-hybridized carbons (Fsp3) is 0.432. The molecule has 7 rings (SSSR count). The fourth-order valence-electron chi connectivity index (χ4n) is 6.96. The molecule has 0 aliphatic carbocycles. The topological polar surface area (TPSA) is 181 Å². The summed E-state index contributed by atoms with van der Waals surface area (Å²) in [6.45, 7) is 9.87. The standard InChI is InChI=1S/C37H42N6O7/c1-6-7-14-38-31(45)25-17-48-34(40-25)28-30-37-21-10-8-9-11-23(21)41-36(37)49-26-13-12-20(15-22(26)37)16-24(39-33(47)29(44)19(4)5)32(46)42-27(18(2)3)35(43-28)50-30/h8-13,15,17-19,24,27,29,36,41,44H,6-7,14,16H2,1-5H3,(H,38,45)(H,39,47)(H,42,46)/t24-,27-,29-,36-,37?/m0/s1. The normalized spacial score (nSPS) is 22.4. The van der Waals surface area contributed by atoms with Gasteiger partial charge in [0.05, 0.1) is 0 Å². The molecule has 0 saturated heterocycles. The van der Waals surface area contributed by atoms with Crippen LogP contribution in [0.5, 0.6) is 5.75 Å². The highest BCUT2D eigenvalue weighted by Crippen LogP contribution is 2.59. The Balaban J connectivity index is 1.43. The molecule has 5 N–H and O–H groups in total. The fourth-order valence-corrected chi connectivity index (χ4v) is 6.96. The second-order valence-electron chi connectivity index (χ2n) is 13.9. The maximum atomic E-state index is 14.0. The highest BCUT2D eigenvalue weighted by atomic mass is 16.5. The lowest BCUT2D eigenvalue weighted by molar-refractivity contribution is -0.135. The molecule has 0 fully saturated rings. The molecule has 13 heteroatoms. The van der Waals surface area contributed by atoms with Crippen molar-refractivity contribution in [3.63, 3.8) is 0 Å². The quantitative estimate of drug-likeness (QED) is 0.161. The minimum atomic E-state index is -1.29. The number of carbonyl (C=O) groups is 3. The molecule has 1 unspecified atom stereocenters. The summed E-state index contributed by atoms with van der Waals surface area (Å²) in [4.78, 5) is 49.6. The van der Waals surface area contributed by atoms with Crippen LogP contribution in [0.3, 0.4) is 0 Å². The molecule has 3 aliphatic rings. The lowest BCUT2D eigenvalue weighted by Crippen LogP contribution is -2.52. The van der Waals surface area contributed by atoms with Crippen LogP contribution in [0.4, 0.5) is 5.69 Å². The number of benzene rings is 2. The van der Waals surface area contributed by atoms with E-state index < -0.39 is 41.6 Å². The van der Waals surface area contributed by atoms with Crippen molar-refractivity contribution in [3.8, 4) is 17.3 Å². The van der Waals surface area contributed by atoms with Gasteiger partial charge in [-0.1, -0.05) is 71.4 Å². The van der Waals surface area contributed by atoms with Gasteiger partial charge in [-0.3, -0.25) is 14.4 Å². The van der Waals surface area contributed by atoms with Crippen LogP contribution in [-0.2, 0) is 21.4 Å². The monoisotopic (exact) mass is 682 g/mol. The highest BCUT2D eigenvalue weighted by Gasteiger charge is 2.61. The largest absolute Gasteiger partial charge is 0.469 e. The number of rotatable bonds is 9. The van der Waals surface area contributed by atoms with Crippen LogP contribution >= 0.6 is 0 Å². The molecule has 5 heterocycles. The van der Waals surface area contributed by atoms with Gasteiger partial charge in [0.2, 0.25) is 23.6 Å². The lowest BCUT2D eigenvalue weighted by Gasteiger charge is -2.29. The van der Waals surface area contributed by atoms with Crippen molar-refractivity contribution in [1.82, 2.24) is 25.9 Å². The number of hydrogen-bond acceptors (Lipinski definition) is 10. The molecule has 2 aromatic heterocycles. The third kappa shape index (κ3) is 5.49. The Morgan fingerprint density at radius 1 is 1.08 bits per heavy atom. The van der Waals surface area contributed by atoms with E-state index in [9.17, 15) is 19.5 Å². The maximum Gasteiger partial charge on any atom is 0.273 e. The van der Waals surface area contributed by atoms with E-state index in [1.54, 1.807) is 13.8 Å². The summed E-state index contributed by atoms with van der Waals surface area (Å²) >= 11 is 0. The second kappa shape index (κ2) is 12.9. The number of unbranched alkanes of at least 4 members (excludes halogenated alkanes) is 1. The zero-order valence-electron chi connectivity index (χ0n) is 28.7. The molecule has 2 aromatic carbocycles. The van der Waals surface area contributed by atoms with Gasteiger partial charge in [-0.2, -0.15) is 0 Å². The van der Waals surface area contributed by atoms with Crippen molar-refractivity contribution >= 4 is 23.4 Å². The number of nitrogens with zero attached hydrogens (tertiary/aromatic N) is 2. The Kier molecular flexibility index (Phi) is 8.63. The number of nitrogens with one attached hydrogen (secondary N) is 4. The van der Waals surface area contributed by atoms with E-state index in [1.165, 1.54) is 6.26 Å². The van der Waals surface area contributed by atoms with E-state index in [2.05, 4.69) is 26.3 Å². The number of aromatic nitrogens is 2. The van der Waals surface area contributed by atoms with Crippen LogP contribution in [0.15, 0.2) is 57.6 Å². The third-order valence-corrected chi connectivity index (χ3v) is 9.71. The minimum Gasteiger partial charge on any atom is -0.469 e. The summed E-state index contributed by atoms with van der Waals surface area (Å²) < 4.78 is 19.4. The van der Waals surface area contributed by atoms with Crippen LogP contribution < -0.4 is 26.0 Å². The number of hydrogen-bond donors (Lipinski definition) is 5. The van der Waals surface area contributed by atoms with Crippen LogP contribution in [0.25, 0.3) is 11.6 Å². The van der Waals surface area contributed by atoms with Crippen LogP contribution in [0, 0.1) is 11.8 Å². The molecule has 262 valence electrons. The van der Waals surface area contributed by atoms with Crippen molar-refractivity contribution < 1.29 is 33.1 Å². The molecule has 4 aromatic rings. The first-order chi connectivity index (χ1) is 24.0. The number of aliphatic hydroxyl groups excluding tert-OH is 1. The molecule has 3 amide bonds. The molecule has 1 spiro atoms. The average molecular weight is 683 g/mol. The number of aliphatic hydroxyl groups is 1. The van der Waals surface area contributed by atoms with Crippen molar-refractivity contribution in [2.24, 2.45) is 11.8 Å². The molecular weight excluding hydrogens is 640 g/mol. The molecule has 3 aliphatic heterocycles. The van der Waals surface area contributed by atoms with E-state index in [-0.39, 0.29) is 47.3 Å². The summed E-state index contributed by atoms with van der Waals surface area (Å²) in [5, 5.41) is 22.8. The van der Waals surface area contributed by atoms with Crippen molar-refractivity contribution in [3.05, 3.63) is 82.8 Å². The predicted molar refractivity (Wildman–Crippen MR) is 182 cm³/mol. The van der Waals surface area contributed by atoms with Crippen molar-refractivity contribution in [2.45, 2.75) is 83.7 Å². The van der Waals surface area contributed by atoms with Gasteiger partial charge in [0.25, 0.3) is 5.91 Å². The Labute approximate surface area is 289 Å². The van der Waals surface area contributed by atoms with Crippen LogP contribution in [0.1, 0.15) is 92.3 Å². The summed E-state index contributed by atoms with van der Waals surface area (Å²) in [5.41, 5.74) is 2.52. The van der Waals surface area contributed by atoms with Crippen LogP contribution in [-0.4, -0.2) is 57.7 Å². The van der Waals surface area contributed by atoms with Crippen molar-refractivity contribution in [2.75, 3.05) is 11.9 Å². The van der Waals surface area contributed by atoms with E-state index in [4.69, 9.17) is 18.6 Å².